The van der Waals surface area contributed by atoms with Gasteiger partial charge in [0.2, 0.25) is 0 Å². The van der Waals surface area contributed by atoms with E-state index >= 15 is 0 Å². The summed E-state index contributed by atoms with van der Waals surface area (Å²) in [6.45, 7) is 3.69. The fourth-order valence-corrected chi connectivity index (χ4v) is 1.89. The molecule has 0 aliphatic rings. The summed E-state index contributed by atoms with van der Waals surface area (Å²) in [6.07, 6.45) is 0. The van der Waals surface area contributed by atoms with Crippen molar-refractivity contribution < 1.29 is 9.18 Å². The lowest BCUT2D eigenvalue weighted by molar-refractivity contribution is 0.0731. The SMILES string of the molecule is CC(C)N(CC(N)=S)C(=O)c1c(F)cccc1Cl. The number of hydrogen-bond donors (Lipinski definition) is 1. The minimum atomic E-state index is -0.652. The molecule has 0 unspecified atom stereocenters. The number of carbonyl (C=O) groups is 1. The van der Waals surface area contributed by atoms with E-state index < -0.39 is 11.7 Å². The maximum Gasteiger partial charge on any atom is 0.258 e. The standard InChI is InChI=1S/C12H14ClFN2OS/c1-7(2)16(6-10(15)18)12(17)11-8(13)4-3-5-9(11)14/h3-5,7H,6H2,1-2H3,(H2,15,18). The molecule has 0 saturated carbocycles. The van der Waals surface area contributed by atoms with Crippen molar-refractivity contribution in [1.82, 2.24) is 4.90 Å². The first-order valence-electron chi connectivity index (χ1n) is 5.38. The summed E-state index contributed by atoms with van der Waals surface area (Å²) < 4.78 is 13.7. The lowest BCUT2D eigenvalue weighted by Crippen LogP contribution is -2.42. The molecule has 1 amide bonds. The molecule has 0 radical (unpaired) electrons. The number of hydrogen-bond acceptors (Lipinski definition) is 2. The quantitative estimate of drug-likeness (QED) is 0.867. The molecule has 0 spiro atoms. The van der Waals surface area contributed by atoms with Gasteiger partial charge in [0.15, 0.2) is 0 Å². The van der Waals surface area contributed by atoms with E-state index in [-0.39, 0.29) is 28.2 Å². The smallest absolute Gasteiger partial charge is 0.258 e. The van der Waals surface area contributed by atoms with Crippen LogP contribution in [0.4, 0.5) is 4.39 Å². The Morgan fingerprint density at radius 3 is 2.61 bits per heavy atom. The molecule has 6 heteroatoms. The summed E-state index contributed by atoms with van der Waals surface area (Å²) in [7, 11) is 0. The van der Waals surface area contributed by atoms with Gasteiger partial charge in [0.1, 0.15) is 5.82 Å². The minimum Gasteiger partial charge on any atom is -0.392 e. The van der Waals surface area contributed by atoms with Gasteiger partial charge < -0.3 is 10.6 Å². The van der Waals surface area contributed by atoms with Gasteiger partial charge in [-0.25, -0.2) is 4.39 Å². The van der Waals surface area contributed by atoms with Crippen LogP contribution >= 0.6 is 23.8 Å². The monoisotopic (exact) mass is 288 g/mol. The lowest BCUT2D eigenvalue weighted by Gasteiger charge is -2.26. The predicted molar refractivity (Wildman–Crippen MR) is 74.4 cm³/mol. The molecule has 0 heterocycles. The molecule has 0 aromatic heterocycles. The predicted octanol–water partition coefficient (Wildman–Crippen LogP) is 2.62. The van der Waals surface area contributed by atoms with E-state index in [0.29, 0.717) is 0 Å². The molecule has 98 valence electrons. The number of benzene rings is 1. The Morgan fingerprint density at radius 2 is 2.17 bits per heavy atom. The number of carbonyl (C=O) groups excluding carboxylic acids is 1. The van der Waals surface area contributed by atoms with E-state index in [0.717, 1.165) is 0 Å². The van der Waals surface area contributed by atoms with Gasteiger partial charge in [-0.3, -0.25) is 4.79 Å². The Morgan fingerprint density at radius 1 is 1.56 bits per heavy atom. The molecular weight excluding hydrogens is 275 g/mol. The minimum absolute atomic E-state index is 0.0774. The van der Waals surface area contributed by atoms with Crippen molar-refractivity contribution in [3.8, 4) is 0 Å². The van der Waals surface area contributed by atoms with E-state index in [1.807, 2.05) is 0 Å². The maximum atomic E-state index is 13.7. The van der Waals surface area contributed by atoms with Crippen LogP contribution in [0.15, 0.2) is 18.2 Å². The highest BCUT2D eigenvalue weighted by atomic mass is 35.5. The zero-order chi connectivity index (χ0) is 13.9. The molecule has 3 nitrogen and oxygen atoms in total. The van der Waals surface area contributed by atoms with E-state index in [4.69, 9.17) is 29.6 Å². The first-order chi connectivity index (χ1) is 8.34. The normalized spacial score (nSPS) is 10.5. The third-order valence-corrected chi connectivity index (χ3v) is 2.83. The summed E-state index contributed by atoms with van der Waals surface area (Å²) in [4.78, 5) is 13.8. The second-order valence-corrected chi connectivity index (χ2v) is 5.02. The van der Waals surface area contributed by atoms with E-state index in [1.54, 1.807) is 13.8 Å². The number of nitrogens with zero attached hydrogens (tertiary/aromatic N) is 1. The van der Waals surface area contributed by atoms with Crippen molar-refractivity contribution in [3.05, 3.63) is 34.6 Å². The summed E-state index contributed by atoms with van der Waals surface area (Å²) in [6, 6.07) is 3.95. The Balaban J connectivity index is 3.14. The summed E-state index contributed by atoms with van der Waals surface area (Å²) in [5.74, 6) is -1.16. The molecule has 0 atom stereocenters. The molecule has 1 aromatic rings. The largest absolute Gasteiger partial charge is 0.392 e. The molecule has 0 bridgehead atoms. The second-order valence-electron chi connectivity index (χ2n) is 4.09. The van der Waals surface area contributed by atoms with Crippen molar-refractivity contribution in [2.24, 2.45) is 5.73 Å². The van der Waals surface area contributed by atoms with Crippen LogP contribution in [0.2, 0.25) is 5.02 Å². The summed E-state index contributed by atoms with van der Waals surface area (Å²) >= 11 is 10.6. The summed E-state index contributed by atoms with van der Waals surface area (Å²) in [5.41, 5.74) is 5.28. The highest BCUT2D eigenvalue weighted by Gasteiger charge is 2.24. The summed E-state index contributed by atoms with van der Waals surface area (Å²) in [5, 5.41) is 0.0774. The topological polar surface area (TPSA) is 46.3 Å². The average molecular weight is 289 g/mol. The first-order valence-corrected chi connectivity index (χ1v) is 6.16. The molecule has 0 fully saturated rings. The fraction of sp³-hybridized carbons (Fsp3) is 0.333. The number of halogens is 2. The molecular formula is C12H14ClFN2OS. The molecule has 1 aromatic carbocycles. The van der Waals surface area contributed by atoms with Crippen molar-refractivity contribution in [2.75, 3.05) is 6.54 Å². The molecule has 2 N–H and O–H groups in total. The van der Waals surface area contributed by atoms with Gasteiger partial charge in [0.05, 0.1) is 22.1 Å². The zero-order valence-corrected chi connectivity index (χ0v) is 11.7. The molecule has 0 saturated heterocycles. The highest BCUT2D eigenvalue weighted by Crippen LogP contribution is 2.21. The van der Waals surface area contributed by atoms with Crippen LogP contribution in [-0.4, -0.2) is 28.4 Å². The molecule has 18 heavy (non-hydrogen) atoms. The van der Waals surface area contributed by atoms with Gasteiger partial charge in [-0.1, -0.05) is 29.9 Å². The van der Waals surface area contributed by atoms with E-state index in [1.165, 1.54) is 23.1 Å². The van der Waals surface area contributed by atoms with Crippen molar-refractivity contribution >= 4 is 34.7 Å². The second kappa shape index (κ2) is 6.11. The third-order valence-electron chi connectivity index (χ3n) is 2.39. The van der Waals surface area contributed by atoms with Gasteiger partial charge in [-0.15, -0.1) is 0 Å². The maximum absolute atomic E-state index is 13.7. The number of rotatable bonds is 4. The third kappa shape index (κ3) is 3.40. The molecule has 1 rings (SSSR count). The van der Waals surface area contributed by atoms with Gasteiger partial charge in [-0.05, 0) is 26.0 Å². The van der Waals surface area contributed by atoms with Crippen LogP contribution in [0.1, 0.15) is 24.2 Å². The average Bonchev–Trinajstić information content (AvgIpc) is 2.24. The number of amides is 1. The highest BCUT2D eigenvalue weighted by molar-refractivity contribution is 7.80. The molecule has 0 aliphatic heterocycles. The number of thiocarbonyl (C=S) groups is 1. The van der Waals surface area contributed by atoms with Crippen molar-refractivity contribution in [1.29, 1.82) is 0 Å². The fourth-order valence-electron chi connectivity index (χ4n) is 1.50. The van der Waals surface area contributed by atoms with Gasteiger partial charge in [0.25, 0.3) is 5.91 Å². The van der Waals surface area contributed by atoms with Crippen LogP contribution in [0.5, 0.6) is 0 Å². The Labute approximate surface area is 116 Å². The van der Waals surface area contributed by atoms with Gasteiger partial charge in [0, 0.05) is 6.04 Å². The Kier molecular flexibility index (Phi) is 5.04. The van der Waals surface area contributed by atoms with Gasteiger partial charge >= 0.3 is 0 Å². The van der Waals surface area contributed by atoms with E-state index in [2.05, 4.69) is 0 Å². The molecule has 0 aliphatic carbocycles. The van der Waals surface area contributed by atoms with Crippen LogP contribution in [0, 0.1) is 5.82 Å². The van der Waals surface area contributed by atoms with Gasteiger partial charge in [-0.2, -0.15) is 0 Å². The lowest BCUT2D eigenvalue weighted by atomic mass is 10.1. The Bertz CT molecular complexity index is 459. The van der Waals surface area contributed by atoms with Crippen LogP contribution < -0.4 is 5.73 Å². The zero-order valence-electron chi connectivity index (χ0n) is 10.1. The van der Waals surface area contributed by atoms with Crippen LogP contribution in [0.25, 0.3) is 0 Å². The Hall–Kier alpha value is -1.20. The van der Waals surface area contributed by atoms with Crippen molar-refractivity contribution in [2.45, 2.75) is 19.9 Å². The van der Waals surface area contributed by atoms with Crippen molar-refractivity contribution in [3.63, 3.8) is 0 Å². The number of nitrogens with two attached hydrogens (primary N) is 1. The van der Waals surface area contributed by atoms with Crippen LogP contribution in [0.3, 0.4) is 0 Å². The van der Waals surface area contributed by atoms with E-state index in [9.17, 15) is 9.18 Å². The first kappa shape index (κ1) is 14.9. The van der Waals surface area contributed by atoms with Crippen LogP contribution in [-0.2, 0) is 0 Å².